The van der Waals surface area contributed by atoms with E-state index in [1.807, 2.05) is 12.2 Å². The van der Waals surface area contributed by atoms with Gasteiger partial charge in [-0.05, 0) is 77.6 Å². The minimum absolute atomic E-state index is 1.07. The van der Waals surface area contributed by atoms with Gasteiger partial charge < -0.3 is 8.23 Å². The van der Waals surface area contributed by atoms with Crippen molar-refractivity contribution in [3.8, 4) is 0 Å². The van der Waals surface area contributed by atoms with Gasteiger partial charge in [0.1, 0.15) is 0 Å². The number of rotatable bonds is 8. The molecule has 0 N–H and O–H groups in total. The van der Waals surface area contributed by atoms with Gasteiger partial charge in [-0.25, -0.2) is 0 Å². The summed E-state index contributed by atoms with van der Waals surface area (Å²) in [6.45, 7) is 34.2. The Labute approximate surface area is 164 Å². The van der Waals surface area contributed by atoms with Crippen molar-refractivity contribution in [3.05, 3.63) is 25.3 Å². The third-order valence-electron chi connectivity index (χ3n) is 2.44. The molecule has 0 heterocycles. The molecule has 0 aliphatic carbocycles. The molecule has 0 atom stereocenters. The van der Waals surface area contributed by atoms with E-state index in [-0.39, 0.29) is 0 Å². The molecule has 25 heavy (non-hydrogen) atoms. The van der Waals surface area contributed by atoms with Gasteiger partial charge in [0.05, 0.1) is 0 Å². The highest BCUT2D eigenvalue weighted by Gasteiger charge is 2.28. The van der Waals surface area contributed by atoms with Crippen LogP contribution in [0.25, 0.3) is 0 Å². The average Bonchev–Trinajstić information content (AvgIpc) is 2.22. The second kappa shape index (κ2) is 13.4. The fourth-order valence-corrected chi connectivity index (χ4v) is 17.8. The molecule has 0 aliphatic heterocycles. The predicted molar refractivity (Wildman–Crippen MR) is 130 cm³/mol. The molecule has 0 amide bonds. The van der Waals surface area contributed by atoms with Gasteiger partial charge in [-0.2, -0.15) is 0 Å². The van der Waals surface area contributed by atoms with Crippen LogP contribution in [0.1, 0.15) is 20.3 Å². The number of hydrogen-bond acceptors (Lipinski definition) is 2. The second-order valence-corrected chi connectivity index (χ2v) is 27.6. The molecule has 0 aromatic heterocycles. The fourth-order valence-electron chi connectivity index (χ4n) is 2.44. The third-order valence-corrected chi connectivity index (χ3v) is 14.3. The monoisotopic (exact) mass is 420 g/mol. The maximum Gasteiger partial charge on any atom is 0.177 e. The Morgan fingerprint density at radius 3 is 0.920 bits per heavy atom. The van der Waals surface area contributed by atoms with E-state index in [1.165, 1.54) is 6.42 Å². The number of hydrogen-bond donors (Lipinski definition) is 0. The van der Waals surface area contributed by atoms with E-state index in [0.29, 0.717) is 0 Å². The highest BCUT2D eigenvalue weighted by molar-refractivity contribution is 6.85. The van der Waals surface area contributed by atoms with E-state index in [2.05, 4.69) is 92.5 Å². The lowest BCUT2D eigenvalue weighted by molar-refractivity contribution is 0.552. The van der Waals surface area contributed by atoms with Gasteiger partial charge in [0.2, 0.25) is 0 Å². The Morgan fingerprint density at radius 1 is 0.600 bits per heavy atom. The molecule has 0 unspecified atom stereocenters. The SMILES string of the molecule is C=CC[Si](C)(C)O[Si](C)(C)C.C=CC[Si](C)(C)O[Si](C)(C)C.CCC. The molecule has 0 saturated carbocycles. The Kier molecular flexibility index (Phi) is 16.1. The van der Waals surface area contributed by atoms with Crippen molar-refractivity contribution in [2.75, 3.05) is 0 Å². The molecule has 0 aromatic rings. The predicted octanol–water partition coefficient (Wildman–Crippen LogP) is 7.87. The number of allylic oxidation sites excluding steroid dienone is 2. The van der Waals surface area contributed by atoms with E-state index in [1.54, 1.807) is 0 Å². The first-order chi connectivity index (χ1) is 10.9. The molecule has 2 nitrogen and oxygen atoms in total. The molecule has 0 radical (unpaired) electrons. The van der Waals surface area contributed by atoms with Gasteiger partial charge in [-0.1, -0.05) is 32.4 Å². The van der Waals surface area contributed by atoms with Crippen molar-refractivity contribution < 1.29 is 8.23 Å². The topological polar surface area (TPSA) is 18.5 Å². The van der Waals surface area contributed by atoms with E-state index >= 15 is 0 Å². The average molecular weight is 421 g/mol. The van der Waals surface area contributed by atoms with Gasteiger partial charge in [-0.3, -0.25) is 0 Å². The van der Waals surface area contributed by atoms with Crippen LogP contribution in [0.3, 0.4) is 0 Å². The molecular formula is C19H48O2Si4. The quantitative estimate of drug-likeness (QED) is 0.293. The first kappa shape index (κ1) is 30.0. The third kappa shape index (κ3) is 29.3. The highest BCUT2D eigenvalue weighted by Crippen LogP contribution is 2.18. The molecule has 152 valence electrons. The lowest BCUT2D eigenvalue weighted by Crippen LogP contribution is -2.41. The summed E-state index contributed by atoms with van der Waals surface area (Å²) in [5.41, 5.74) is 0. The molecular weight excluding hydrogens is 373 g/mol. The van der Waals surface area contributed by atoms with Gasteiger partial charge in [0, 0.05) is 0 Å². The molecule has 0 rings (SSSR count). The van der Waals surface area contributed by atoms with Crippen molar-refractivity contribution in [1.82, 2.24) is 0 Å². The van der Waals surface area contributed by atoms with Crippen LogP contribution in [-0.4, -0.2) is 33.3 Å². The standard InChI is InChI=1S/2C8H20OSi2.C3H8/c2*1-7-8-11(5,6)9-10(2,3)4;1-3-2/h2*7H,1,8H2,2-6H3;3H2,1-2H3. The molecule has 0 fully saturated rings. The summed E-state index contributed by atoms with van der Waals surface area (Å²) in [6.07, 6.45) is 5.21. The van der Waals surface area contributed by atoms with Crippen LogP contribution >= 0.6 is 0 Å². The van der Waals surface area contributed by atoms with Gasteiger partial charge >= 0.3 is 0 Å². The van der Waals surface area contributed by atoms with E-state index in [4.69, 9.17) is 8.23 Å². The van der Waals surface area contributed by atoms with Gasteiger partial charge in [0.25, 0.3) is 0 Å². The smallest absolute Gasteiger partial charge is 0.177 e. The summed E-state index contributed by atoms with van der Waals surface area (Å²) in [7, 11) is -5.42. The van der Waals surface area contributed by atoms with Gasteiger partial charge in [0.15, 0.2) is 33.3 Å². The van der Waals surface area contributed by atoms with E-state index in [0.717, 1.165) is 12.1 Å². The molecule has 0 aromatic carbocycles. The zero-order chi connectivity index (χ0) is 20.9. The highest BCUT2D eigenvalue weighted by atomic mass is 28.4. The summed E-state index contributed by atoms with van der Waals surface area (Å²) in [5, 5.41) is 0. The van der Waals surface area contributed by atoms with Gasteiger partial charge in [-0.15, -0.1) is 13.2 Å². The van der Waals surface area contributed by atoms with Crippen molar-refractivity contribution in [1.29, 1.82) is 0 Å². The van der Waals surface area contributed by atoms with Crippen molar-refractivity contribution >= 4 is 33.3 Å². The summed E-state index contributed by atoms with van der Waals surface area (Å²) in [5.74, 6) is 0. The van der Waals surface area contributed by atoms with Crippen molar-refractivity contribution in [2.24, 2.45) is 0 Å². The maximum atomic E-state index is 6.07. The van der Waals surface area contributed by atoms with Crippen molar-refractivity contribution in [2.45, 2.75) is 97.8 Å². The lowest BCUT2D eigenvalue weighted by Gasteiger charge is -2.30. The second-order valence-electron chi connectivity index (χ2n) is 9.64. The minimum atomic E-state index is -1.40. The van der Waals surface area contributed by atoms with Crippen LogP contribution in [0.15, 0.2) is 25.3 Å². The van der Waals surface area contributed by atoms with Crippen LogP contribution < -0.4 is 0 Å². The largest absolute Gasteiger partial charge is 0.455 e. The van der Waals surface area contributed by atoms with Crippen molar-refractivity contribution in [3.63, 3.8) is 0 Å². The van der Waals surface area contributed by atoms with Crippen LogP contribution in [0.5, 0.6) is 0 Å². The minimum Gasteiger partial charge on any atom is -0.455 e. The summed E-state index contributed by atoms with van der Waals surface area (Å²) >= 11 is 0. The summed E-state index contributed by atoms with van der Waals surface area (Å²) < 4.78 is 12.1. The summed E-state index contributed by atoms with van der Waals surface area (Å²) in [4.78, 5) is 0. The van der Waals surface area contributed by atoms with Crippen LogP contribution in [-0.2, 0) is 8.23 Å². The molecule has 0 bridgehead atoms. The fraction of sp³-hybridized carbons (Fsp3) is 0.789. The molecule has 0 aliphatic rings. The molecule has 0 saturated heterocycles. The maximum absolute atomic E-state index is 6.07. The Morgan fingerprint density at radius 2 is 0.800 bits per heavy atom. The summed E-state index contributed by atoms with van der Waals surface area (Å²) in [6, 6.07) is 2.13. The molecule has 6 heteroatoms. The lowest BCUT2D eigenvalue weighted by atomic mass is 10.6. The molecule has 0 spiro atoms. The van der Waals surface area contributed by atoms with E-state index in [9.17, 15) is 0 Å². The Bertz CT molecular complexity index is 319. The zero-order valence-electron chi connectivity index (χ0n) is 19.5. The van der Waals surface area contributed by atoms with Crippen LogP contribution in [0, 0.1) is 0 Å². The van der Waals surface area contributed by atoms with Crippen LogP contribution in [0.2, 0.25) is 77.6 Å². The van der Waals surface area contributed by atoms with E-state index < -0.39 is 33.3 Å². The Hall–Kier alpha value is 0.268. The zero-order valence-corrected chi connectivity index (χ0v) is 23.5. The normalized spacial score (nSPS) is 12.3. The first-order valence-electron chi connectivity index (χ1n) is 9.57. The van der Waals surface area contributed by atoms with Crippen LogP contribution in [0.4, 0.5) is 0 Å². The first-order valence-corrected chi connectivity index (χ1v) is 22.6. The Balaban J connectivity index is -0.000000334.